The first-order valence-electron chi connectivity index (χ1n) is 4.89. The normalized spacial score (nSPS) is 14.7. The predicted octanol–water partition coefficient (Wildman–Crippen LogP) is -0.270. The van der Waals surface area contributed by atoms with Gasteiger partial charge in [0.2, 0.25) is 5.91 Å². The van der Waals surface area contributed by atoms with Crippen LogP contribution in [-0.2, 0) is 11.8 Å². The minimum atomic E-state index is -0.149. The summed E-state index contributed by atoms with van der Waals surface area (Å²) in [4.78, 5) is 11.4. The zero-order valence-electron chi connectivity index (χ0n) is 9.27. The molecule has 1 aromatic heterocycles. The Morgan fingerprint density at radius 1 is 1.67 bits per heavy atom. The maximum atomic E-state index is 11.4. The van der Waals surface area contributed by atoms with Gasteiger partial charge in [-0.05, 0) is 13.8 Å². The molecule has 0 aliphatic carbocycles. The van der Waals surface area contributed by atoms with Gasteiger partial charge in [0.15, 0.2) is 5.82 Å². The average molecular weight is 211 g/mol. The van der Waals surface area contributed by atoms with Gasteiger partial charge >= 0.3 is 0 Å². The second kappa shape index (κ2) is 4.88. The van der Waals surface area contributed by atoms with Crippen LogP contribution in [0.4, 0.5) is 0 Å². The van der Waals surface area contributed by atoms with E-state index < -0.39 is 0 Å². The van der Waals surface area contributed by atoms with Gasteiger partial charge in [0.25, 0.3) is 0 Å². The quantitative estimate of drug-likeness (QED) is 0.717. The van der Waals surface area contributed by atoms with E-state index in [1.54, 1.807) is 17.8 Å². The van der Waals surface area contributed by atoms with E-state index in [0.29, 0.717) is 6.42 Å². The topological polar surface area (TPSA) is 85.8 Å². The van der Waals surface area contributed by atoms with Gasteiger partial charge in [0, 0.05) is 19.5 Å². The second-order valence-electron chi connectivity index (χ2n) is 3.77. The van der Waals surface area contributed by atoms with Crippen molar-refractivity contribution in [1.29, 1.82) is 0 Å². The Labute approximate surface area is 88.9 Å². The van der Waals surface area contributed by atoms with E-state index in [1.165, 1.54) is 0 Å². The maximum absolute atomic E-state index is 11.4. The molecule has 84 valence electrons. The molecule has 1 aromatic rings. The number of nitrogens with two attached hydrogens (primary N) is 1. The van der Waals surface area contributed by atoms with Crippen LogP contribution in [0.15, 0.2) is 6.33 Å². The van der Waals surface area contributed by atoms with Crippen molar-refractivity contribution in [2.75, 3.05) is 0 Å². The lowest BCUT2D eigenvalue weighted by atomic mass is 10.2. The Balaban J connectivity index is 2.53. The molecule has 1 amide bonds. The first-order valence-corrected chi connectivity index (χ1v) is 4.89. The van der Waals surface area contributed by atoms with Crippen molar-refractivity contribution in [3.05, 3.63) is 12.2 Å². The minimum absolute atomic E-state index is 0.0690. The lowest BCUT2D eigenvalue weighted by Gasteiger charge is -2.13. The van der Waals surface area contributed by atoms with Crippen LogP contribution in [0.25, 0.3) is 0 Å². The van der Waals surface area contributed by atoms with Gasteiger partial charge in [-0.1, -0.05) is 0 Å². The van der Waals surface area contributed by atoms with Crippen LogP contribution in [0.2, 0.25) is 0 Å². The summed E-state index contributed by atoms with van der Waals surface area (Å²) in [6.45, 7) is 3.66. The summed E-state index contributed by atoms with van der Waals surface area (Å²) < 4.78 is 1.77. The molecule has 6 nitrogen and oxygen atoms in total. The number of aromatic nitrogens is 3. The monoisotopic (exact) mass is 211 g/mol. The molecule has 6 heteroatoms. The van der Waals surface area contributed by atoms with Crippen LogP contribution in [0, 0.1) is 0 Å². The first-order chi connectivity index (χ1) is 7.00. The molecule has 0 saturated heterocycles. The van der Waals surface area contributed by atoms with Crippen LogP contribution in [0.5, 0.6) is 0 Å². The second-order valence-corrected chi connectivity index (χ2v) is 3.77. The van der Waals surface area contributed by atoms with Crippen molar-refractivity contribution in [2.45, 2.75) is 32.4 Å². The summed E-state index contributed by atoms with van der Waals surface area (Å²) in [7, 11) is 1.84. The van der Waals surface area contributed by atoms with E-state index in [9.17, 15) is 4.79 Å². The number of nitrogens with zero attached hydrogens (tertiary/aromatic N) is 3. The van der Waals surface area contributed by atoms with Gasteiger partial charge in [-0.3, -0.25) is 4.79 Å². The zero-order chi connectivity index (χ0) is 11.4. The van der Waals surface area contributed by atoms with Crippen molar-refractivity contribution in [1.82, 2.24) is 20.1 Å². The van der Waals surface area contributed by atoms with Gasteiger partial charge in [-0.2, -0.15) is 0 Å². The lowest BCUT2D eigenvalue weighted by Crippen LogP contribution is -2.32. The molecule has 3 N–H and O–H groups in total. The molecule has 0 aliphatic heterocycles. The molecule has 0 bridgehead atoms. The summed E-state index contributed by atoms with van der Waals surface area (Å²) in [6, 6.07) is -0.277. The number of nitrogens with one attached hydrogen (secondary N) is 1. The van der Waals surface area contributed by atoms with Crippen LogP contribution in [0.1, 0.15) is 32.1 Å². The Morgan fingerprint density at radius 2 is 2.33 bits per heavy atom. The molecule has 0 spiro atoms. The van der Waals surface area contributed by atoms with Crippen molar-refractivity contribution in [3.8, 4) is 0 Å². The average Bonchev–Trinajstić information content (AvgIpc) is 2.49. The Kier molecular flexibility index (Phi) is 3.79. The molecule has 0 fully saturated rings. The number of hydrogen-bond donors (Lipinski definition) is 2. The fourth-order valence-electron chi connectivity index (χ4n) is 1.34. The molecule has 1 heterocycles. The molecular weight excluding hydrogens is 194 g/mol. The standard InChI is InChI=1S/C9H17N5O/c1-6(10)4-8(15)12-7(2)9-13-11-5-14(9)3/h5-7H,4,10H2,1-3H3,(H,12,15). The summed E-state index contributed by atoms with van der Waals surface area (Å²) >= 11 is 0. The summed E-state index contributed by atoms with van der Waals surface area (Å²) in [5, 5.41) is 10.5. The Bertz CT molecular complexity index is 333. The van der Waals surface area contributed by atoms with E-state index in [-0.39, 0.29) is 18.0 Å². The Morgan fingerprint density at radius 3 is 2.80 bits per heavy atom. The minimum Gasteiger partial charge on any atom is -0.346 e. The number of rotatable bonds is 4. The van der Waals surface area contributed by atoms with Crippen LogP contribution in [-0.4, -0.2) is 26.7 Å². The number of hydrogen-bond acceptors (Lipinski definition) is 4. The SMILES string of the molecule is CC(N)CC(=O)NC(C)c1nncn1C. The number of carbonyl (C=O) groups is 1. The molecule has 0 aliphatic rings. The van der Waals surface area contributed by atoms with Gasteiger partial charge in [-0.25, -0.2) is 0 Å². The van der Waals surface area contributed by atoms with E-state index in [0.717, 1.165) is 5.82 Å². The highest BCUT2D eigenvalue weighted by Gasteiger charge is 2.14. The molecule has 1 rings (SSSR count). The van der Waals surface area contributed by atoms with Gasteiger partial charge in [-0.15, -0.1) is 10.2 Å². The predicted molar refractivity (Wildman–Crippen MR) is 55.8 cm³/mol. The van der Waals surface area contributed by atoms with E-state index in [2.05, 4.69) is 15.5 Å². The van der Waals surface area contributed by atoms with Crippen LogP contribution in [0.3, 0.4) is 0 Å². The highest BCUT2D eigenvalue weighted by Crippen LogP contribution is 2.07. The molecular formula is C9H17N5O. The first kappa shape index (κ1) is 11.6. The third-order valence-corrected chi connectivity index (χ3v) is 2.02. The summed E-state index contributed by atoms with van der Waals surface area (Å²) in [5.74, 6) is 0.661. The molecule has 0 aromatic carbocycles. The van der Waals surface area contributed by atoms with E-state index in [1.807, 2.05) is 14.0 Å². The largest absolute Gasteiger partial charge is 0.346 e. The van der Waals surface area contributed by atoms with Crippen molar-refractivity contribution >= 4 is 5.91 Å². The molecule has 15 heavy (non-hydrogen) atoms. The molecule has 0 radical (unpaired) electrons. The highest BCUT2D eigenvalue weighted by molar-refractivity contribution is 5.76. The molecule has 2 atom stereocenters. The maximum Gasteiger partial charge on any atom is 0.222 e. The number of amides is 1. The van der Waals surface area contributed by atoms with E-state index in [4.69, 9.17) is 5.73 Å². The smallest absolute Gasteiger partial charge is 0.222 e. The lowest BCUT2D eigenvalue weighted by molar-refractivity contribution is -0.122. The zero-order valence-corrected chi connectivity index (χ0v) is 9.27. The van der Waals surface area contributed by atoms with E-state index >= 15 is 0 Å². The van der Waals surface area contributed by atoms with Gasteiger partial charge < -0.3 is 15.6 Å². The van der Waals surface area contributed by atoms with Crippen LogP contribution >= 0.6 is 0 Å². The molecule has 2 unspecified atom stereocenters. The highest BCUT2D eigenvalue weighted by atomic mass is 16.1. The third-order valence-electron chi connectivity index (χ3n) is 2.02. The number of aryl methyl sites for hydroxylation is 1. The van der Waals surface area contributed by atoms with Gasteiger partial charge in [0.05, 0.1) is 6.04 Å². The van der Waals surface area contributed by atoms with Crippen molar-refractivity contribution in [2.24, 2.45) is 12.8 Å². The van der Waals surface area contributed by atoms with Crippen molar-refractivity contribution in [3.63, 3.8) is 0 Å². The van der Waals surface area contributed by atoms with Crippen LogP contribution < -0.4 is 11.1 Å². The van der Waals surface area contributed by atoms with Crippen molar-refractivity contribution < 1.29 is 4.79 Å². The summed E-state index contributed by atoms with van der Waals surface area (Å²) in [5.41, 5.74) is 5.52. The van der Waals surface area contributed by atoms with Gasteiger partial charge in [0.1, 0.15) is 6.33 Å². The third kappa shape index (κ3) is 3.32. The fourth-order valence-corrected chi connectivity index (χ4v) is 1.34. The number of carbonyl (C=O) groups excluding carboxylic acids is 1. The summed E-state index contributed by atoms with van der Waals surface area (Å²) in [6.07, 6.45) is 1.92. The fraction of sp³-hybridized carbons (Fsp3) is 0.667. The molecule has 0 saturated carbocycles. The Hall–Kier alpha value is -1.43.